The molecule has 4 unspecified atom stereocenters. The summed E-state index contributed by atoms with van der Waals surface area (Å²) in [5, 5.41) is 27.1. The Labute approximate surface area is 294 Å². The van der Waals surface area contributed by atoms with E-state index in [1.54, 1.807) is 12.1 Å². The maximum Gasteiger partial charge on any atom is 0.315 e. The van der Waals surface area contributed by atoms with Crippen molar-refractivity contribution >= 4 is 12.0 Å². The molecule has 0 spiro atoms. The number of benzene rings is 2. The zero-order valence-corrected chi connectivity index (χ0v) is 29.3. The summed E-state index contributed by atoms with van der Waals surface area (Å²) in [6, 6.07) is 6.35. The molecule has 0 bridgehead atoms. The molecule has 2 aliphatic heterocycles. The first-order valence-corrected chi connectivity index (χ1v) is 17.9. The number of ether oxygens (including phenoxy) is 5. The highest BCUT2D eigenvalue weighted by Crippen LogP contribution is 2.55. The van der Waals surface area contributed by atoms with Crippen molar-refractivity contribution < 1.29 is 38.4 Å². The number of rotatable bonds is 21. The van der Waals surface area contributed by atoms with Crippen LogP contribution >= 0.6 is 0 Å². The topological polar surface area (TPSA) is 187 Å². The summed E-state index contributed by atoms with van der Waals surface area (Å²) in [7, 11) is 2.92. The average Bonchev–Trinajstić information content (AvgIpc) is 3.75. The second-order valence-corrected chi connectivity index (χ2v) is 12.9. The van der Waals surface area contributed by atoms with E-state index in [4.69, 9.17) is 29.4 Å². The Balaban J connectivity index is 1.11. The number of nitrogens with one attached hydrogen (secondary N) is 5. The first-order valence-electron chi connectivity index (χ1n) is 17.9. The predicted octanol–water partition coefficient (Wildman–Crippen LogP) is 2.48. The number of hydrogen-bond acceptors (Lipinski definition) is 12. The number of carbonyl (C=O) groups is 2. The van der Waals surface area contributed by atoms with Crippen molar-refractivity contribution in [2.24, 2.45) is 17.6 Å². The van der Waals surface area contributed by atoms with Crippen molar-refractivity contribution in [3.05, 3.63) is 41.0 Å². The second kappa shape index (κ2) is 18.9. The van der Waals surface area contributed by atoms with Crippen molar-refractivity contribution in [3.8, 4) is 28.7 Å². The quantitative estimate of drug-likeness (QED) is 0.0747. The molecule has 276 valence electrons. The minimum Gasteiger partial charge on any atom is -0.502 e. The zero-order chi connectivity index (χ0) is 35.3. The fourth-order valence-electron chi connectivity index (χ4n) is 7.05. The number of amides is 2. The molecule has 4 atom stereocenters. The van der Waals surface area contributed by atoms with Gasteiger partial charge in [-0.3, -0.25) is 4.79 Å². The van der Waals surface area contributed by atoms with E-state index >= 15 is 0 Å². The predicted molar refractivity (Wildman–Crippen MR) is 188 cm³/mol. The number of cyclic esters (lactones) is 1. The van der Waals surface area contributed by atoms with Crippen molar-refractivity contribution in [3.63, 3.8) is 0 Å². The van der Waals surface area contributed by atoms with E-state index in [9.17, 15) is 14.7 Å². The highest BCUT2D eigenvalue weighted by Gasteiger charge is 2.53. The van der Waals surface area contributed by atoms with Crippen LogP contribution in [0.3, 0.4) is 0 Å². The third-order valence-electron chi connectivity index (χ3n) is 9.62. The fraction of sp³-hybridized carbons (Fsp3) is 0.611. The van der Waals surface area contributed by atoms with E-state index in [1.165, 1.54) is 27.1 Å². The van der Waals surface area contributed by atoms with Gasteiger partial charge in [-0.05, 0) is 125 Å². The van der Waals surface area contributed by atoms with Gasteiger partial charge in [0.2, 0.25) is 12.5 Å². The molecular weight excluding hydrogens is 644 g/mol. The van der Waals surface area contributed by atoms with Gasteiger partial charge in [-0.1, -0.05) is 0 Å². The van der Waals surface area contributed by atoms with Gasteiger partial charge in [0.05, 0.1) is 32.8 Å². The van der Waals surface area contributed by atoms with E-state index in [-0.39, 0.29) is 48.6 Å². The van der Waals surface area contributed by atoms with E-state index < -0.39 is 17.9 Å². The van der Waals surface area contributed by atoms with Crippen molar-refractivity contribution in [2.45, 2.75) is 50.5 Å². The van der Waals surface area contributed by atoms with Crippen LogP contribution in [0.4, 0.5) is 4.79 Å². The van der Waals surface area contributed by atoms with Crippen molar-refractivity contribution in [2.75, 3.05) is 80.0 Å². The Hall–Kier alpha value is -3.98. The van der Waals surface area contributed by atoms with Crippen molar-refractivity contribution in [1.29, 1.82) is 0 Å². The molecule has 2 amide bonds. The number of phenols is 1. The molecule has 8 N–H and O–H groups in total. The number of aromatic hydroxyl groups is 1. The molecule has 1 aliphatic carbocycles. The molecule has 0 radical (unpaired) electrons. The summed E-state index contributed by atoms with van der Waals surface area (Å²) in [6.45, 7) is 7.42. The fourth-order valence-corrected chi connectivity index (χ4v) is 7.05. The molecule has 1 fully saturated rings. The second-order valence-electron chi connectivity index (χ2n) is 12.9. The monoisotopic (exact) mass is 698 g/mol. The molecule has 2 heterocycles. The van der Waals surface area contributed by atoms with Gasteiger partial charge < -0.3 is 61.1 Å². The third-order valence-corrected chi connectivity index (χ3v) is 9.62. The molecule has 3 aliphatic rings. The summed E-state index contributed by atoms with van der Waals surface area (Å²) in [5.74, 6) is -0.343. The Bertz CT molecular complexity index is 1400. The first kappa shape index (κ1) is 37.3. The smallest absolute Gasteiger partial charge is 0.315 e. The van der Waals surface area contributed by atoms with Gasteiger partial charge in [0.15, 0.2) is 23.0 Å². The van der Waals surface area contributed by atoms with Crippen LogP contribution < -0.4 is 51.3 Å². The molecule has 14 heteroatoms. The summed E-state index contributed by atoms with van der Waals surface area (Å²) in [5.41, 5.74) is 7.81. The summed E-state index contributed by atoms with van der Waals surface area (Å²) in [6.07, 6.45) is 6.21. The van der Waals surface area contributed by atoms with Gasteiger partial charge in [0.1, 0.15) is 0 Å². The Kier molecular flexibility index (Phi) is 14.1. The standard InChI is InChI=1S/C36H54N6O8/c1-46-29-17-23(18-30(47-2)34(29)43)31-24-19-27-28(50-22-49-27)20-25(24)33(26-21-48-35(44)32(26)31)42-36(45)41-16-6-5-12-40-15-8-14-39-11-4-3-10-38-13-7-9-37/h17-20,26,31-33,38-40,43H,3-16,21-22,37H2,1-2H3,(H2,41,42,45). The number of phenolic OH excluding ortho intramolecular Hbond substituents is 1. The van der Waals surface area contributed by atoms with Gasteiger partial charge >= 0.3 is 12.0 Å². The largest absolute Gasteiger partial charge is 0.502 e. The van der Waals surface area contributed by atoms with E-state index in [0.717, 1.165) is 82.6 Å². The van der Waals surface area contributed by atoms with E-state index in [1.807, 2.05) is 12.1 Å². The van der Waals surface area contributed by atoms with Crippen LogP contribution in [0.2, 0.25) is 0 Å². The maximum atomic E-state index is 13.4. The normalized spacial score (nSPS) is 20.2. The number of esters is 1. The summed E-state index contributed by atoms with van der Waals surface area (Å²) < 4.78 is 27.9. The Morgan fingerprint density at radius 2 is 1.36 bits per heavy atom. The highest BCUT2D eigenvalue weighted by molar-refractivity contribution is 5.80. The SMILES string of the molecule is COc1cc(C2c3cc4c(cc3C(NC(=O)NCCCCNCCCNCCCCNCCCN)C3COC(=O)C23)OCO4)cc(OC)c1O. The van der Waals surface area contributed by atoms with Gasteiger partial charge in [0.25, 0.3) is 0 Å². The van der Waals surface area contributed by atoms with Crippen LogP contribution in [-0.4, -0.2) is 97.1 Å². The highest BCUT2D eigenvalue weighted by atomic mass is 16.7. The Morgan fingerprint density at radius 1 is 0.800 bits per heavy atom. The van der Waals surface area contributed by atoms with E-state index in [0.29, 0.717) is 23.6 Å². The lowest BCUT2D eigenvalue weighted by molar-refractivity contribution is -0.141. The van der Waals surface area contributed by atoms with Gasteiger partial charge in [-0.15, -0.1) is 0 Å². The maximum absolute atomic E-state index is 13.4. The molecular formula is C36H54N6O8. The van der Waals surface area contributed by atoms with Gasteiger partial charge in [-0.2, -0.15) is 0 Å². The van der Waals surface area contributed by atoms with Crippen LogP contribution in [0, 0.1) is 11.8 Å². The number of nitrogens with two attached hydrogens (primary N) is 1. The van der Waals surface area contributed by atoms with Gasteiger partial charge in [0, 0.05) is 18.4 Å². The van der Waals surface area contributed by atoms with E-state index in [2.05, 4.69) is 26.6 Å². The molecule has 2 aromatic rings. The van der Waals surface area contributed by atoms with Crippen LogP contribution in [-0.2, 0) is 9.53 Å². The lowest BCUT2D eigenvalue weighted by Gasteiger charge is -2.39. The number of carbonyl (C=O) groups excluding carboxylic acids is 2. The lowest BCUT2D eigenvalue weighted by Crippen LogP contribution is -2.46. The van der Waals surface area contributed by atoms with Crippen LogP contribution in [0.1, 0.15) is 67.2 Å². The van der Waals surface area contributed by atoms with Gasteiger partial charge in [-0.25, -0.2) is 4.79 Å². The third kappa shape index (κ3) is 9.22. The minimum atomic E-state index is -0.609. The number of urea groups is 1. The summed E-state index contributed by atoms with van der Waals surface area (Å²) in [4.78, 5) is 26.6. The minimum absolute atomic E-state index is 0.0810. The molecule has 2 aromatic carbocycles. The van der Waals surface area contributed by atoms with Crippen LogP contribution in [0.25, 0.3) is 0 Å². The zero-order valence-electron chi connectivity index (χ0n) is 29.3. The number of methoxy groups -OCH3 is 2. The first-order chi connectivity index (χ1) is 24.5. The molecule has 0 aromatic heterocycles. The number of unbranched alkanes of at least 4 members (excludes halogenated alkanes) is 2. The lowest BCUT2D eigenvalue weighted by atomic mass is 9.65. The van der Waals surface area contributed by atoms with Crippen LogP contribution in [0.5, 0.6) is 28.7 Å². The molecule has 14 nitrogen and oxygen atoms in total. The Morgan fingerprint density at radius 3 is 1.96 bits per heavy atom. The molecule has 50 heavy (non-hydrogen) atoms. The molecule has 0 saturated carbocycles. The van der Waals surface area contributed by atoms with Crippen molar-refractivity contribution in [1.82, 2.24) is 26.6 Å². The number of hydrogen-bond donors (Lipinski definition) is 7. The summed E-state index contributed by atoms with van der Waals surface area (Å²) >= 11 is 0. The molecule has 1 saturated heterocycles. The number of fused-ring (bicyclic) bond motifs is 3. The average molecular weight is 699 g/mol. The van der Waals surface area contributed by atoms with Crippen LogP contribution in [0.15, 0.2) is 24.3 Å². The molecule has 5 rings (SSSR count).